The molecule has 2 heterocycles. The molecule has 3 rings (SSSR count). The Morgan fingerprint density at radius 2 is 1.97 bits per heavy atom. The molecule has 13 nitrogen and oxygen atoms in total. The summed E-state index contributed by atoms with van der Waals surface area (Å²) in [5.74, 6) is 1.46. The first kappa shape index (κ1) is 30.3. The summed E-state index contributed by atoms with van der Waals surface area (Å²) in [6, 6.07) is 7.86. The quantitative estimate of drug-likeness (QED) is 0.183. The molecule has 14 heteroatoms. The molecule has 0 amide bonds. The van der Waals surface area contributed by atoms with Gasteiger partial charge in [-0.15, -0.1) is 6.42 Å². The van der Waals surface area contributed by atoms with Gasteiger partial charge < -0.3 is 24.2 Å². The minimum atomic E-state index is -4.34. The number of terminal acetylenes is 1. The first-order chi connectivity index (χ1) is 18.2. The van der Waals surface area contributed by atoms with Gasteiger partial charge in [-0.3, -0.25) is 23.7 Å². The molecule has 39 heavy (non-hydrogen) atoms. The van der Waals surface area contributed by atoms with Crippen LogP contribution >= 0.6 is 7.75 Å². The van der Waals surface area contributed by atoms with Gasteiger partial charge >= 0.3 is 19.4 Å². The number of rotatable bonds is 10. The van der Waals surface area contributed by atoms with E-state index in [9.17, 15) is 29.2 Å². The SMILES string of the molecule is C#C[C@@]1(O)[C@H](O)C(COP(=O)(N[C@@H](C)C(=O)OCC(C)(C)C)Oc2ccccc2)O[C@H]1n1ccc(=O)[nH]c1=O. The number of H-pyrrole nitrogens is 1. The van der Waals surface area contributed by atoms with Crippen LogP contribution in [0.15, 0.2) is 52.2 Å². The summed E-state index contributed by atoms with van der Waals surface area (Å²) >= 11 is 0. The zero-order valence-corrected chi connectivity index (χ0v) is 22.8. The van der Waals surface area contributed by atoms with Crippen molar-refractivity contribution in [3.8, 4) is 18.1 Å². The van der Waals surface area contributed by atoms with Gasteiger partial charge in [0.15, 0.2) is 11.8 Å². The molecule has 1 aliphatic heterocycles. The molecule has 1 aromatic carbocycles. The molecule has 1 aromatic heterocycles. The van der Waals surface area contributed by atoms with Crippen molar-refractivity contribution in [1.82, 2.24) is 14.6 Å². The highest BCUT2D eigenvalue weighted by Crippen LogP contribution is 2.46. The molecule has 212 valence electrons. The van der Waals surface area contributed by atoms with E-state index in [0.717, 1.165) is 16.8 Å². The fraction of sp³-hybridized carbons (Fsp3) is 0.480. The van der Waals surface area contributed by atoms with Crippen LogP contribution in [0.1, 0.15) is 33.9 Å². The second-order valence-corrected chi connectivity index (χ2v) is 11.9. The van der Waals surface area contributed by atoms with Crippen LogP contribution in [0.4, 0.5) is 0 Å². The Morgan fingerprint density at radius 1 is 1.31 bits per heavy atom. The number of carbonyl (C=O) groups is 1. The molecule has 2 unspecified atom stereocenters. The second kappa shape index (κ2) is 11.9. The number of hydrogen-bond donors (Lipinski definition) is 4. The largest absolute Gasteiger partial charge is 0.464 e. The van der Waals surface area contributed by atoms with E-state index in [1.54, 1.807) is 18.2 Å². The number of aromatic amines is 1. The van der Waals surface area contributed by atoms with Gasteiger partial charge in [-0.1, -0.05) is 44.9 Å². The van der Waals surface area contributed by atoms with Crippen molar-refractivity contribution in [2.24, 2.45) is 5.41 Å². The summed E-state index contributed by atoms with van der Waals surface area (Å²) in [7, 11) is -4.34. The van der Waals surface area contributed by atoms with E-state index in [1.165, 1.54) is 19.1 Å². The Labute approximate surface area is 224 Å². The van der Waals surface area contributed by atoms with E-state index in [1.807, 2.05) is 31.7 Å². The number of hydrogen-bond acceptors (Lipinski definition) is 10. The summed E-state index contributed by atoms with van der Waals surface area (Å²) in [6.45, 7) is 6.50. The minimum absolute atomic E-state index is 0.112. The Bertz CT molecular complexity index is 1360. The fourth-order valence-corrected chi connectivity index (χ4v) is 5.04. The number of aliphatic hydroxyl groups excluding tert-OH is 1. The molecule has 1 fully saturated rings. The smallest absolute Gasteiger partial charge is 0.459 e. The molecule has 6 atom stereocenters. The second-order valence-electron chi connectivity index (χ2n) is 10.2. The first-order valence-electron chi connectivity index (χ1n) is 12.0. The maximum absolute atomic E-state index is 13.7. The number of ether oxygens (including phenoxy) is 2. The van der Waals surface area contributed by atoms with Gasteiger partial charge in [0.25, 0.3) is 5.56 Å². The van der Waals surface area contributed by atoms with Crippen LogP contribution in [0.3, 0.4) is 0 Å². The third kappa shape index (κ3) is 7.45. The van der Waals surface area contributed by atoms with Crippen LogP contribution in [-0.4, -0.2) is 62.8 Å². The maximum atomic E-state index is 13.7. The monoisotopic (exact) mass is 565 g/mol. The Hall–Kier alpha value is -3.24. The lowest BCUT2D eigenvalue weighted by Crippen LogP contribution is -2.48. The summed E-state index contributed by atoms with van der Waals surface area (Å²) in [5, 5.41) is 24.2. The van der Waals surface area contributed by atoms with E-state index in [0.29, 0.717) is 0 Å². The van der Waals surface area contributed by atoms with Crippen molar-refractivity contribution in [1.29, 1.82) is 0 Å². The van der Waals surface area contributed by atoms with E-state index in [4.69, 9.17) is 24.9 Å². The molecule has 1 saturated heterocycles. The lowest BCUT2D eigenvalue weighted by molar-refractivity contribution is -0.148. The van der Waals surface area contributed by atoms with E-state index >= 15 is 0 Å². The Balaban J connectivity index is 1.81. The molecule has 1 aliphatic rings. The molecule has 0 saturated carbocycles. The number of nitrogens with zero attached hydrogens (tertiary/aromatic N) is 1. The zero-order chi connectivity index (χ0) is 29.0. The predicted molar refractivity (Wildman–Crippen MR) is 139 cm³/mol. The van der Waals surface area contributed by atoms with Gasteiger partial charge in [-0.25, -0.2) is 9.36 Å². The van der Waals surface area contributed by atoms with Crippen LogP contribution in [0.25, 0.3) is 0 Å². The van der Waals surface area contributed by atoms with Crippen LogP contribution in [0.5, 0.6) is 5.75 Å². The van der Waals surface area contributed by atoms with Gasteiger partial charge in [0, 0.05) is 12.3 Å². The fourth-order valence-electron chi connectivity index (χ4n) is 3.53. The van der Waals surface area contributed by atoms with Gasteiger partial charge in [0.05, 0.1) is 13.2 Å². The number of aromatic nitrogens is 2. The van der Waals surface area contributed by atoms with E-state index in [-0.39, 0.29) is 17.8 Å². The van der Waals surface area contributed by atoms with Crippen LogP contribution in [0.2, 0.25) is 0 Å². The number of carbonyl (C=O) groups excluding carboxylic acids is 1. The standard InChI is InChI=1S/C25H32N3O10P/c1-6-25(33)20(30)18(37-22(25)28-13-12-19(29)26-23(28)32)14-36-39(34,38-17-10-8-7-9-11-17)27-16(2)21(31)35-15-24(3,4)5/h1,7-13,16,18,20,22,30,33H,14-15H2,2-5H3,(H,27,34)(H,26,29,32)/t16-,18?,20+,22+,25+,39?/m0/s1. The lowest BCUT2D eigenvalue weighted by atomic mass is 9.95. The average Bonchev–Trinajstić information content (AvgIpc) is 3.11. The summed E-state index contributed by atoms with van der Waals surface area (Å²) < 4.78 is 36.5. The number of benzene rings is 1. The zero-order valence-electron chi connectivity index (χ0n) is 21.9. The number of para-hydroxylation sites is 1. The Morgan fingerprint density at radius 3 is 2.56 bits per heavy atom. The summed E-state index contributed by atoms with van der Waals surface area (Å²) in [5.41, 5.74) is -4.36. The molecular formula is C25H32N3O10P. The van der Waals surface area contributed by atoms with Gasteiger partial charge in [-0.2, -0.15) is 5.09 Å². The Kier molecular flexibility index (Phi) is 9.23. The van der Waals surface area contributed by atoms with Crippen molar-refractivity contribution >= 4 is 13.7 Å². The van der Waals surface area contributed by atoms with Crippen molar-refractivity contribution in [2.75, 3.05) is 13.2 Å². The minimum Gasteiger partial charge on any atom is -0.464 e. The normalized spacial score (nSPS) is 25.3. The topological polar surface area (TPSA) is 178 Å². The van der Waals surface area contributed by atoms with Crippen molar-refractivity contribution in [3.63, 3.8) is 0 Å². The van der Waals surface area contributed by atoms with Crippen molar-refractivity contribution in [2.45, 2.75) is 57.8 Å². The van der Waals surface area contributed by atoms with Gasteiger partial charge in [-0.05, 0) is 24.5 Å². The van der Waals surface area contributed by atoms with Gasteiger partial charge in [0.2, 0.25) is 0 Å². The number of aliphatic hydroxyl groups is 2. The lowest BCUT2D eigenvalue weighted by Gasteiger charge is -2.26. The maximum Gasteiger partial charge on any atom is 0.459 e. The highest BCUT2D eigenvalue weighted by molar-refractivity contribution is 7.52. The molecule has 0 radical (unpaired) electrons. The highest BCUT2D eigenvalue weighted by atomic mass is 31.2. The summed E-state index contributed by atoms with van der Waals surface area (Å²) in [6.07, 6.45) is 1.66. The molecular weight excluding hydrogens is 533 g/mol. The molecule has 0 bridgehead atoms. The predicted octanol–water partition coefficient (Wildman–Crippen LogP) is 0.930. The number of esters is 1. The summed E-state index contributed by atoms with van der Waals surface area (Å²) in [4.78, 5) is 38.2. The van der Waals surface area contributed by atoms with Gasteiger partial charge in [0.1, 0.15) is 24.0 Å². The average molecular weight is 566 g/mol. The number of nitrogens with one attached hydrogen (secondary N) is 2. The van der Waals surface area contributed by atoms with E-state index < -0.39 is 61.7 Å². The third-order valence-electron chi connectivity index (χ3n) is 5.55. The molecule has 0 spiro atoms. The van der Waals surface area contributed by atoms with Crippen LogP contribution in [0, 0.1) is 17.8 Å². The van der Waals surface area contributed by atoms with E-state index in [2.05, 4.69) is 5.09 Å². The van der Waals surface area contributed by atoms with Crippen LogP contribution < -0.4 is 20.9 Å². The van der Waals surface area contributed by atoms with Crippen molar-refractivity contribution in [3.05, 3.63) is 63.4 Å². The highest BCUT2D eigenvalue weighted by Gasteiger charge is 2.56. The molecule has 4 N–H and O–H groups in total. The third-order valence-corrected chi connectivity index (χ3v) is 7.19. The van der Waals surface area contributed by atoms with Crippen molar-refractivity contribution < 1.29 is 38.1 Å². The molecule has 2 aromatic rings. The first-order valence-corrected chi connectivity index (χ1v) is 13.5. The molecule has 0 aliphatic carbocycles. The van der Waals surface area contributed by atoms with Crippen LogP contribution in [-0.2, 0) is 23.4 Å².